The van der Waals surface area contributed by atoms with Crippen LogP contribution in [0.2, 0.25) is 0 Å². The summed E-state index contributed by atoms with van der Waals surface area (Å²) < 4.78 is 21.9. The van der Waals surface area contributed by atoms with E-state index in [2.05, 4.69) is 37.6 Å². The highest BCUT2D eigenvalue weighted by atomic mass is 32.2. The van der Waals surface area contributed by atoms with E-state index < -0.39 is 11.0 Å². The molecule has 2 fully saturated rings. The van der Waals surface area contributed by atoms with Gasteiger partial charge in [0.15, 0.2) is 0 Å². The number of piperidine rings is 1. The number of pyridine rings is 1. The molecule has 0 aliphatic carbocycles. The molecule has 9 nitrogen and oxygen atoms in total. The summed E-state index contributed by atoms with van der Waals surface area (Å²) >= 11 is 1.34. The fourth-order valence-electron chi connectivity index (χ4n) is 4.43. The molecular weight excluding hydrogens is 470 g/mol. The van der Waals surface area contributed by atoms with Crippen LogP contribution in [0.4, 0.5) is 11.6 Å². The molecule has 3 atom stereocenters. The minimum atomic E-state index is -1.14. The molecule has 0 aromatic carbocycles. The summed E-state index contributed by atoms with van der Waals surface area (Å²) in [5, 5.41) is 10.0. The number of nitrogens with two attached hydrogens (primary N) is 1. The standard InChI is InChI=1S/C23H31N7O2S2/c1-15-20(29-34(31)22(2,3)4)23(14-32-15)6-9-30(10-7-23)18-12-28-19(13-27-18)33-17-5-8-26-21(25)16(17)11-24/h5,8,12-13,15,20,29H,6-7,9-10,14H2,1-4H3,(H2,25,26)/t15-,20+,34?/m0/s1. The van der Waals surface area contributed by atoms with Gasteiger partial charge in [-0.15, -0.1) is 0 Å². The summed E-state index contributed by atoms with van der Waals surface area (Å²) in [6, 6.07) is 3.91. The van der Waals surface area contributed by atoms with Crippen LogP contribution in [0.15, 0.2) is 34.6 Å². The number of nitrogens with one attached hydrogen (secondary N) is 1. The van der Waals surface area contributed by atoms with Crippen LogP contribution in [-0.4, -0.2) is 55.8 Å². The Morgan fingerprint density at radius 3 is 2.65 bits per heavy atom. The fourth-order valence-corrected chi connectivity index (χ4v) is 6.27. The van der Waals surface area contributed by atoms with Crippen molar-refractivity contribution in [2.24, 2.45) is 5.41 Å². The van der Waals surface area contributed by atoms with Gasteiger partial charge in [0.25, 0.3) is 0 Å². The van der Waals surface area contributed by atoms with Gasteiger partial charge in [-0.1, -0.05) is 11.8 Å². The first-order valence-electron chi connectivity index (χ1n) is 11.3. The van der Waals surface area contributed by atoms with Crippen LogP contribution in [0.1, 0.15) is 46.1 Å². The molecule has 2 aromatic rings. The Labute approximate surface area is 207 Å². The molecule has 0 amide bonds. The van der Waals surface area contributed by atoms with Crippen molar-refractivity contribution in [3.8, 4) is 6.07 Å². The van der Waals surface area contributed by atoms with Crippen molar-refractivity contribution in [3.05, 3.63) is 30.2 Å². The van der Waals surface area contributed by atoms with Gasteiger partial charge >= 0.3 is 0 Å². The normalized spacial score (nSPS) is 23.1. The van der Waals surface area contributed by atoms with Crippen LogP contribution in [0.3, 0.4) is 0 Å². The minimum Gasteiger partial charge on any atom is -0.383 e. The maximum atomic E-state index is 12.8. The second-order valence-corrected chi connectivity index (χ2v) is 12.9. The second kappa shape index (κ2) is 9.77. The third kappa shape index (κ3) is 5.05. The summed E-state index contributed by atoms with van der Waals surface area (Å²) in [6.07, 6.45) is 6.95. The van der Waals surface area contributed by atoms with Gasteiger partial charge in [0, 0.05) is 29.6 Å². The molecule has 0 bridgehead atoms. The Morgan fingerprint density at radius 1 is 1.29 bits per heavy atom. The van der Waals surface area contributed by atoms with E-state index in [-0.39, 0.29) is 28.1 Å². The van der Waals surface area contributed by atoms with E-state index in [0.29, 0.717) is 22.1 Å². The predicted molar refractivity (Wildman–Crippen MR) is 134 cm³/mol. The number of nitrogen functional groups attached to an aromatic ring is 1. The van der Waals surface area contributed by atoms with Crippen molar-refractivity contribution in [1.82, 2.24) is 19.7 Å². The molecule has 1 spiro atoms. The third-order valence-corrected chi connectivity index (χ3v) is 9.08. The van der Waals surface area contributed by atoms with Crippen molar-refractivity contribution < 1.29 is 8.95 Å². The molecule has 4 rings (SSSR count). The van der Waals surface area contributed by atoms with Gasteiger partial charge in [-0.3, -0.25) is 0 Å². The summed E-state index contributed by atoms with van der Waals surface area (Å²) in [6.45, 7) is 10.4. The van der Waals surface area contributed by atoms with Gasteiger partial charge in [0.1, 0.15) is 28.3 Å². The molecule has 2 saturated heterocycles. The molecule has 1 unspecified atom stereocenters. The van der Waals surface area contributed by atoms with Crippen molar-refractivity contribution in [2.45, 2.75) is 67.4 Å². The summed E-state index contributed by atoms with van der Waals surface area (Å²) in [7, 11) is -1.14. The van der Waals surface area contributed by atoms with E-state index in [1.165, 1.54) is 11.8 Å². The van der Waals surface area contributed by atoms with Crippen LogP contribution in [0.25, 0.3) is 0 Å². The lowest BCUT2D eigenvalue weighted by atomic mass is 9.73. The Kier molecular flexibility index (Phi) is 7.14. The quantitative estimate of drug-likeness (QED) is 0.635. The van der Waals surface area contributed by atoms with Crippen LogP contribution < -0.4 is 15.4 Å². The molecule has 3 N–H and O–H groups in total. The average molecular weight is 502 g/mol. The van der Waals surface area contributed by atoms with Gasteiger partial charge in [-0.05, 0) is 46.6 Å². The zero-order chi connectivity index (χ0) is 24.5. The first kappa shape index (κ1) is 24.9. The maximum Gasteiger partial charge on any atom is 0.147 e. The second-order valence-electron chi connectivity index (χ2n) is 9.84. The van der Waals surface area contributed by atoms with E-state index in [4.69, 9.17) is 10.5 Å². The lowest BCUT2D eigenvalue weighted by Gasteiger charge is -2.43. The highest BCUT2D eigenvalue weighted by Gasteiger charge is 2.50. The highest BCUT2D eigenvalue weighted by Crippen LogP contribution is 2.43. The number of nitrogens with zero attached hydrogens (tertiary/aromatic N) is 5. The highest BCUT2D eigenvalue weighted by molar-refractivity contribution is 7.99. The smallest absolute Gasteiger partial charge is 0.147 e. The first-order chi connectivity index (χ1) is 16.1. The summed E-state index contributed by atoms with van der Waals surface area (Å²) in [5.41, 5.74) is 6.12. The SMILES string of the molecule is C[C@@H]1OCC2(CCN(c3cnc(Sc4ccnc(N)c4C#N)cn3)CC2)[C@@H]1NS(=O)C(C)(C)C. The van der Waals surface area contributed by atoms with Gasteiger partial charge in [-0.25, -0.2) is 23.9 Å². The van der Waals surface area contributed by atoms with Gasteiger partial charge in [0.05, 0.1) is 46.9 Å². The van der Waals surface area contributed by atoms with E-state index in [1.54, 1.807) is 24.7 Å². The average Bonchev–Trinajstić information content (AvgIpc) is 3.09. The molecule has 34 heavy (non-hydrogen) atoms. The van der Waals surface area contributed by atoms with Crippen LogP contribution >= 0.6 is 11.8 Å². The molecular formula is C23H31N7O2S2. The summed E-state index contributed by atoms with van der Waals surface area (Å²) in [5.74, 6) is 1.03. The molecule has 182 valence electrons. The van der Waals surface area contributed by atoms with Crippen molar-refractivity contribution >= 4 is 34.4 Å². The summed E-state index contributed by atoms with van der Waals surface area (Å²) in [4.78, 5) is 16.1. The molecule has 2 aliphatic heterocycles. The molecule has 11 heteroatoms. The lowest BCUT2D eigenvalue weighted by molar-refractivity contribution is 0.0973. The topological polar surface area (TPSA) is 130 Å². The Hall–Kier alpha value is -2.26. The zero-order valence-corrected chi connectivity index (χ0v) is 21.6. The molecule has 2 aliphatic rings. The van der Waals surface area contributed by atoms with Crippen molar-refractivity contribution in [3.63, 3.8) is 0 Å². The van der Waals surface area contributed by atoms with Crippen LogP contribution in [0.5, 0.6) is 0 Å². The van der Waals surface area contributed by atoms with Gasteiger partial charge in [-0.2, -0.15) is 5.26 Å². The molecule has 4 heterocycles. The van der Waals surface area contributed by atoms with Crippen LogP contribution in [-0.2, 0) is 15.7 Å². The Morgan fingerprint density at radius 2 is 2.03 bits per heavy atom. The monoisotopic (exact) mass is 501 g/mol. The lowest BCUT2D eigenvalue weighted by Crippen LogP contribution is -2.55. The Bertz CT molecular complexity index is 1090. The Balaban J connectivity index is 1.41. The number of aromatic nitrogens is 3. The van der Waals surface area contributed by atoms with Gasteiger partial charge < -0.3 is 15.4 Å². The van der Waals surface area contributed by atoms with E-state index in [1.807, 2.05) is 20.8 Å². The minimum absolute atomic E-state index is 0.0227. The number of ether oxygens (including phenoxy) is 1. The van der Waals surface area contributed by atoms with Crippen LogP contribution in [0, 0.1) is 16.7 Å². The van der Waals surface area contributed by atoms with Crippen molar-refractivity contribution in [2.75, 3.05) is 30.3 Å². The van der Waals surface area contributed by atoms with E-state index in [0.717, 1.165) is 31.7 Å². The molecule has 0 saturated carbocycles. The first-order valence-corrected chi connectivity index (χ1v) is 13.3. The van der Waals surface area contributed by atoms with E-state index in [9.17, 15) is 9.47 Å². The number of hydrogen-bond donors (Lipinski definition) is 2. The zero-order valence-electron chi connectivity index (χ0n) is 19.9. The maximum absolute atomic E-state index is 12.8. The fraction of sp³-hybridized carbons (Fsp3) is 0.565. The van der Waals surface area contributed by atoms with E-state index >= 15 is 0 Å². The largest absolute Gasteiger partial charge is 0.383 e. The number of hydrogen-bond acceptors (Lipinski definition) is 9. The molecule has 0 radical (unpaired) electrons. The predicted octanol–water partition coefficient (Wildman–Crippen LogP) is 2.90. The number of nitriles is 1. The number of rotatable bonds is 5. The molecule has 2 aromatic heterocycles. The third-order valence-electron chi connectivity index (χ3n) is 6.52. The number of anilines is 2. The van der Waals surface area contributed by atoms with Gasteiger partial charge in [0.2, 0.25) is 0 Å². The van der Waals surface area contributed by atoms with Crippen molar-refractivity contribution in [1.29, 1.82) is 5.26 Å².